The second-order valence-electron chi connectivity index (χ2n) is 4.47. The monoisotopic (exact) mass is 253 g/mol. The van der Waals surface area contributed by atoms with Crippen LogP contribution >= 0.6 is 11.3 Å². The summed E-state index contributed by atoms with van der Waals surface area (Å²) in [5.74, 6) is 0.192. The summed E-state index contributed by atoms with van der Waals surface area (Å²) in [6.45, 7) is 0.565. The number of carbonyl (C=O) groups excluding carboxylic acids is 1. The van der Waals surface area contributed by atoms with E-state index in [2.05, 4.69) is 6.07 Å². The van der Waals surface area contributed by atoms with Gasteiger partial charge in [-0.2, -0.15) is 0 Å². The van der Waals surface area contributed by atoms with Crippen LogP contribution in [0.3, 0.4) is 0 Å². The summed E-state index contributed by atoms with van der Waals surface area (Å²) in [7, 11) is 0. The first kappa shape index (κ1) is 12.6. The standard InChI is InChI=1S/C13H19NO2S/c15-9-8-14(11-3-1-4-11)13(16)7-6-12-5-2-10-17-12/h2,5,10-11,15H,1,3-4,6-9H2. The Labute approximate surface area is 106 Å². The van der Waals surface area contributed by atoms with E-state index in [4.69, 9.17) is 5.11 Å². The van der Waals surface area contributed by atoms with Crippen LogP contribution in [0.15, 0.2) is 17.5 Å². The van der Waals surface area contributed by atoms with Crippen LogP contribution in [-0.2, 0) is 11.2 Å². The van der Waals surface area contributed by atoms with Crippen molar-refractivity contribution in [3.8, 4) is 0 Å². The van der Waals surface area contributed by atoms with Crippen LogP contribution in [0.5, 0.6) is 0 Å². The first-order valence-electron chi connectivity index (χ1n) is 6.24. The minimum absolute atomic E-state index is 0.0707. The van der Waals surface area contributed by atoms with Crippen molar-refractivity contribution < 1.29 is 9.90 Å². The van der Waals surface area contributed by atoms with E-state index in [-0.39, 0.29) is 12.5 Å². The van der Waals surface area contributed by atoms with Crippen LogP contribution in [0, 0.1) is 0 Å². The first-order valence-corrected chi connectivity index (χ1v) is 7.12. The molecule has 0 bridgehead atoms. The van der Waals surface area contributed by atoms with Gasteiger partial charge in [-0.05, 0) is 37.1 Å². The van der Waals surface area contributed by atoms with Crippen LogP contribution in [-0.4, -0.2) is 35.1 Å². The van der Waals surface area contributed by atoms with E-state index in [1.54, 1.807) is 11.3 Å². The van der Waals surface area contributed by atoms with Crippen molar-refractivity contribution in [2.75, 3.05) is 13.2 Å². The molecule has 0 atom stereocenters. The van der Waals surface area contributed by atoms with E-state index < -0.39 is 0 Å². The van der Waals surface area contributed by atoms with Crippen molar-refractivity contribution in [2.45, 2.75) is 38.1 Å². The smallest absolute Gasteiger partial charge is 0.223 e. The van der Waals surface area contributed by atoms with Gasteiger partial charge in [-0.1, -0.05) is 6.07 Å². The lowest BCUT2D eigenvalue weighted by molar-refractivity contribution is -0.135. The fraction of sp³-hybridized carbons (Fsp3) is 0.615. The minimum atomic E-state index is 0.0707. The second kappa shape index (κ2) is 6.17. The SMILES string of the molecule is O=C(CCc1cccs1)N(CCO)C1CCC1. The van der Waals surface area contributed by atoms with Crippen LogP contribution in [0.25, 0.3) is 0 Å². The summed E-state index contributed by atoms with van der Waals surface area (Å²) in [4.78, 5) is 15.2. The van der Waals surface area contributed by atoms with Crippen molar-refractivity contribution >= 4 is 17.2 Å². The van der Waals surface area contributed by atoms with E-state index >= 15 is 0 Å². The Balaban J connectivity index is 1.83. The Bertz CT molecular complexity index is 346. The highest BCUT2D eigenvalue weighted by Crippen LogP contribution is 2.25. The summed E-state index contributed by atoms with van der Waals surface area (Å²) in [5, 5.41) is 11.1. The molecule has 2 rings (SSSR count). The molecule has 1 aromatic rings. The molecule has 0 radical (unpaired) electrons. The maximum atomic E-state index is 12.1. The van der Waals surface area contributed by atoms with E-state index in [9.17, 15) is 4.79 Å². The third-order valence-electron chi connectivity index (χ3n) is 3.34. The number of aliphatic hydroxyl groups excluding tert-OH is 1. The van der Waals surface area contributed by atoms with Crippen LogP contribution in [0.4, 0.5) is 0 Å². The largest absolute Gasteiger partial charge is 0.395 e. The normalized spacial score (nSPS) is 15.6. The van der Waals surface area contributed by atoms with Crippen molar-refractivity contribution in [1.82, 2.24) is 4.90 Å². The molecular formula is C13H19NO2S. The van der Waals surface area contributed by atoms with E-state index in [1.165, 1.54) is 11.3 Å². The van der Waals surface area contributed by atoms with Gasteiger partial charge >= 0.3 is 0 Å². The maximum Gasteiger partial charge on any atom is 0.223 e. The molecule has 0 unspecified atom stereocenters. The lowest BCUT2D eigenvalue weighted by Gasteiger charge is -2.37. The number of aliphatic hydroxyl groups is 1. The number of aryl methyl sites for hydroxylation is 1. The Morgan fingerprint density at radius 2 is 2.35 bits per heavy atom. The Morgan fingerprint density at radius 3 is 2.88 bits per heavy atom. The van der Waals surface area contributed by atoms with Crippen molar-refractivity contribution in [3.63, 3.8) is 0 Å². The highest BCUT2D eigenvalue weighted by atomic mass is 32.1. The lowest BCUT2D eigenvalue weighted by Crippen LogP contribution is -2.45. The fourth-order valence-electron chi connectivity index (χ4n) is 2.15. The topological polar surface area (TPSA) is 40.5 Å². The highest BCUT2D eigenvalue weighted by Gasteiger charge is 2.27. The summed E-state index contributed by atoms with van der Waals surface area (Å²) >= 11 is 1.70. The molecule has 1 aliphatic carbocycles. The fourth-order valence-corrected chi connectivity index (χ4v) is 2.85. The molecular weight excluding hydrogens is 234 g/mol. The predicted molar refractivity (Wildman–Crippen MR) is 69.1 cm³/mol. The number of hydrogen-bond donors (Lipinski definition) is 1. The van der Waals surface area contributed by atoms with Gasteiger partial charge < -0.3 is 10.0 Å². The number of rotatable bonds is 6. The maximum absolute atomic E-state index is 12.1. The summed E-state index contributed by atoms with van der Waals surface area (Å²) in [5.41, 5.74) is 0. The van der Waals surface area contributed by atoms with E-state index in [0.29, 0.717) is 19.0 Å². The molecule has 1 fully saturated rings. The van der Waals surface area contributed by atoms with Crippen LogP contribution < -0.4 is 0 Å². The molecule has 1 N–H and O–H groups in total. The van der Waals surface area contributed by atoms with Gasteiger partial charge in [-0.25, -0.2) is 0 Å². The van der Waals surface area contributed by atoms with Gasteiger partial charge in [0.05, 0.1) is 6.61 Å². The van der Waals surface area contributed by atoms with E-state index in [0.717, 1.165) is 19.3 Å². The van der Waals surface area contributed by atoms with Gasteiger partial charge in [-0.3, -0.25) is 4.79 Å². The average Bonchev–Trinajstić information content (AvgIpc) is 2.75. The molecule has 4 heteroatoms. The zero-order valence-corrected chi connectivity index (χ0v) is 10.8. The summed E-state index contributed by atoms with van der Waals surface area (Å²) in [6, 6.07) is 4.47. The zero-order valence-electron chi connectivity index (χ0n) is 9.97. The molecule has 94 valence electrons. The lowest BCUT2D eigenvalue weighted by atomic mass is 9.91. The van der Waals surface area contributed by atoms with Gasteiger partial charge in [0.15, 0.2) is 0 Å². The van der Waals surface area contributed by atoms with Crippen molar-refractivity contribution in [3.05, 3.63) is 22.4 Å². The minimum Gasteiger partial charge on any atom is -0.395 e. The Hall–Kier alpha value is -0.870. The number of thiophene rings is 1. The summed E-state index contributed by atoms with van der Waals surface area (Å²) in [6.07, 6.45) is 4.81. The Morgan fingerprint density at radius 1 is 1.53 bits per heavy atom. The van der Waals surface area contributed by atoms with Gasteiger partial charge in [0.25, 0.3) is 0 Å². The molecule has 0 aliphatic heterocycles. The molecule has 1 aliphatic rings. The predicted octanol–water partition coefficient (Wildman–Crippen LogP) is 2.05. The molecule has 0 saturated heterocycles. The number of hydrogen-bond acceptors (Lipinski definition) is 3. The molecule has 17 heavy (non-hydrogen) atoms. The quantitative estimate of drug-likeness (QED) is 0.843. The third kappa shape index (κ3) is 3.30. The second-order valence-corrected chi connectivity index (χ2v) is 5.51. The van der Waals surface area contributed by atoms with Crippen molar-refractivity contribution in [2.24, 2.45) is 0 Å². The first-order chi connectivity index (χ1) is 8.31. The third-order valence-corrected chi connectivity index (χ3v) is 4.28. The van der Waals surface area contributed by atoms with Gasteiger partial charge in [0.2, 0.25) is 5.91 Å². The van der Waals surface area contributed by atoms with Gasteiger partial charge in [-0.15, -0.1) is 11.3 Å². The van der Waals surface area contributed by atoms with Crippen LogP contribution in [0.1, 0.15) is 30.6 Å². The molecule has 1 aromatic heterocycles. The molecule has 0 spiro atoms. The number of carbonyl (C=O) groups is 1. The highest BCUT2D eigenvalue weighted by molar-refractivity contribution is 7.09. The molecule has 0 aromatic carbocycles. The summed E-state index contributed by atoms with van der Waals surface area (Å²) < 4.78 is 0. The van der Waals surface area contributed by atoms with Crippen molar-refractivity contribution in [1.29, 1.82) is 0 Å². The van der Waals surface area contributed by atoms with Gasteiger partial charge in [0, 0.05) is 23.9 Å². The molecule has 1 heterocycles. The van der Waals surface area contributed by atoms with Crippen LogP contribution in [0.2, 0.25) is 0 Å². The average molecular weight is 253 g/mol. The number of nitrogens with zero attached hydrogens (tertiary/aromatic N) is 1. The van der Waals surface area contributed by atoms with Gasteiger partial charge in [0.1, 0.15) is 0 Å². The Kier molecular flexibility index (Phi) is 4.57. The number of amides is 1. The van der Waals surface area contributed by atoms with E-state index in [1.807, 2.05) is 16.3 Å². The molecule has 1 saturated carbocycles. The zero-order chi connectivity index (χ0) is 12.1. The molecule has 1 amide bonds. The molecule has 3 nitrogen and oxygen atoms in total.